The molecule has 7 aromatic carbocycles. The van der Waals surface area contributed by atoms with Gasteiger partial charge in [0, 0.05) is 17.8 Å². The van der Waals surface area contributed by atoms with Crippen molar-refractivity contribution in [2.24, 2.45) is 35.5 Å². The molecule has 0 saturated carbocycles. The number of carbonyl (C=O) groups is 2. The molecule has 0 bridgehead atoms. The summed E-state index contributed by atoms with van der Waals surface area (Å²) in [6.45, 7) is 1.47. The molecule has 1 heterocycles. The van der Waals surface area contributed by atoms with E-state index in [0.29, 0.717) is 29.2 Å². The molecule has 0 fully saturated rings. The van der Waals surface area contributed by atoms with E-state index >= 15 is 0 Å². The summed E-state index contributed by atoms with van der Waals surface area (Å²) < 4.78 is 145. The third-order valence-electron chi connectivity index (χ3n) is 11.8. The molecule has 1 aliphatic rings. The van der Waals surface area contributed by atoms with E-state index in [1.165, 1.54) is 44.4 Å². The molecule has 0 atom stereocenters. The molecule has 9 rings (SSSR count). The number of carboxylic acids is 1. The Kier molecular flexibility index (Phi) is 15.7. The molecule has 0 radical (unpaired) electrons. The van der Waals surface area contributed by atoms with Crippen LogP contribution in [0.1, 0.15) is 31.8 Å². The Morgan fingerprint density at radius 3 is 1.89 bits per heavy atom. The van der Waals surface area contributed by atoms with Gasteiger partial charge in [0.2, 0.25) is 23.0 Å². The van der Waals surface area contributed by atoms with Gasteiger partial charge in [-0.3, -0.25) is 38.4 Å². The van der Waals surface area contributed by atoms with E-state index in [9.17, 15) is 76.8 Å². The number of aromatic amines is 2. The molecular weight excluding hydrogens is 1180 g/mol. The summed E-state index contributed by atoms with van der Waals surface area (Å²) in [4.78, 5) is 41.7. The predicted molar refractivity (Wildman–Crippen MR) is 297 cm³/mol. The van der Waals surface area contributed by atoms with Crippen LogP contribution in [0.2, 0.25) is 0 Å². The number of hydrogen-bond donors (Lipinski definition) is 11. The number of aromatic nitrogens is 3. The fraction of sp³-hybridized carbons (Fsp3) is 0.0400. The Bertz CT molecular complexity index is 4850. The molecule has 0 aliphatic heterocycles. The van der Waals surface area contributed by atoms with Gasteiger partial charge in [-0.2, -0.15) is 59.1 Å². The van der Waals surface area contributed by atoms with E-state index in [-0.39, 0.29) is 61.9 Å². The number of aromatic hydroxyl groups is 2. The molecule has 0 unspecified atom stereocenters. The number of anilines is 3. The minimum absolute atomic E-state index is 0.0158. The number of hydrazone groups is 1. The normalized spacial score (nSPS) is 14.1. The lowest BCUT2D eigenvalue weighted by atomic mass is 9.93. The lowest BCUT2D eigenvalue weighted by Gasteiger charge is -2.19. The van der Waals surface area contributed by atoms with Crippen molar-refractivity contribution >= 4 is 126 Å². The van der Waals surface area contributed by atoms with E-state index < -0.39 is 112 Å². The largest absolute Gasteiger partial charge is 0.507 e. The molecule has 1 aliphatic carbocycles. The Balaban J connectivity index is 1.10. The highest BCUT2D eigenvalue weighted by Gasteiger charge is 2.36. The van der Waals surface area contributed by atoms with Crippen LogP contribution < -0.4 is 26.7 Å². The Morgan fingerprint density at radius 2 is 1.25 bits per heavy atom. The van der Waals surface area contributed by atoms with Crippen molar-refractivity contribution in [2.45, 2.75) is 21.6 Å². The van der Waals surface area contributed by atoms with E-state index in [1.807, 2.05) is 0 Å². The number of azo groups is 2. The van der Waals surface area contributed by atoms with E-state index in [0.717, 1.165) is 42.5 Å². The molecule has 1 aromatic heterocycles. The number of nitrogens with zero attached hydrogens (tertiary/aromatic N) is 8. The fourth-order valence-electron chi connectivity index (χ4n) is 7.97. The molecule has 11 N–H and O–H groups in total. The van der Waals surface area contributed by atoms with Crippen LogP contribution in [-0.2, 0) is 40.5 Å². The van der Waals surface area contributed by atoms with Crippen LogP contribution >= 0.6 is 0 Å². The van der Waals surface area contributed by atoms with Crippen LogP contribution in [0.25, 0.3) is 16.8 Å². The molecule has 30 nitrogen and oxygen atoms in total. The van der Waals surface area contributed by atoms with Crippen molar-refractivity contribution in [2.75, 3.05) is 17.9 Å². The number of ether oxygens (including phenoxy) is 1. The maximum absolute atomic E-state index is 14.7. The first-order chi connectivity index (χ1) is 39.5. The van der Waals surface area contributed by atoms with E-state index in [4.69, 9.17) is 4.74 Å². The van der Waals surface area contributed by atoms with Gasteiger partial charge in [0.15, 0.2) is 5.71 Å². The monoisotopic (exact) mass is 1220 g/mol. The van der Waals surface area contributed by atoms with Gasteiger partial charge < -0.3 is 25.4 Å². The molecule has 34 heteroatoms. The average molecular weight is 1220 g/mol. The van der Waals surface area contributed by atoms with Gasteiger partial charge in [0.25, 0.3) is 40.5 Å². The lowest BCUT2D eigenvalue weighted by molar-refractivity contribution is 0.0693. The number of Topliss-reactive ketones (excluding diaryl/α,β-unsaturated/α-hetero) is 1. The summed E-state index contributed by atoms with van der Waals surface area (Å²) in [5.41, 5.74) is 0.179. The van der Waals surface area contributed by atoms with Gasteiger partial charge in [-0.1, -0.05) is 18.2 Å². The number of nitrogens with one attached hydrogen (secondary N) is 4. The average Bonchev–Trinajstić information content (AvgIpc) is 3.18. The number of phenols is 2. The number of carboxylic acid groups (broad SMARTS) is 1. The number of allylic oxidation sites excluding steroid dienone is 1. The molecule has 0 spiro atoms. The number of carbonyl (C=O) groups excluding carboxylic acids is 1. The topological polar surface area (TPSA) is 477 Å². The molecule has 430 valence electrons. The van der Waals surface area contributed by atoms with Gasteiger partial charge in [-0.25, -0.2) is 14.8 Å². The number of phenolic OH excluding ortho intramolecular Hbond substituents is 1. The highest BCUT2D eigenvalue weighted by molar-refractivity contribution is 7.91. The summed E-state index contributed by atoms with van der Waals surface area (Å²) in [5.74, 6) is -4.07. The SMILES string of the molecule is COc1cc(N=Nc2cc(S(=O)(=O)O)cc3cc(S(=O)(=O)O)cc(O)c23)c(C)cc1N/N=C1/C(=O)c2c(cc(S(=O)(=O)O)cc2N=c2[nH]c(Nc3ccc(N=Nc4ccc(O)c(C(=O)O)c4)cc3)nc(=Nc3ccccc3)[nH]2)C=C1S(=O)(=O)O. The minimum atomic E-state index is -5.40. The maximum Gasteiger partial charge on any atom is 0.339 e. The third kappa shape index (κ3) is 13.1. The fourth-order valence-corrected chi connectivity index (χ4v) is 10.2. The molecule has 0 saturated heterocycles. The van der Waals surface area contributed by atoms with Gasteiger partial charge in [-0.15, -0.1) is 5.11 Å². The van der Waals surface area contributed by atoms with Gasteiger partial charge in [0.05, 0.1) is 72.6 Å². The van der Waals surface area contributed by atoms with Crippen LogP contribution in [0.5, 0.6) is 17.2 Å². The number of aryl methyl sites for hydroxylation is 1. The Morgan fingerprint density at radius 1 is 0.631 bits per heavy atom. The minimum Gasteiger partial charge on any atom is -0.507 e. The first-order valence-corrected chi connectivity index (χ1v) is 29.1. The van der Waals surface area contributed by atoms with Crippen molar-refractivity contribution in [1.82, 2.24) is 15.0 Å². The zero-order chi connectivity index (χ0) is 60.6. The van der Waals surface area contributed by atoms with Crippen LogP contribution in [0.3, 0.4) is 0 Å². The number of fused-ring (bicyclic) bond motifs is 2. The number of rotatable bonds is 16. The zero-order valence-corrected chi connectivity index (χ0v) is 45.7. The highest BCUT2D eigenvalue weighted by atomic mass is 32.2. The summed E-state index contributed by atoms with van der Waals surface area (Å²) in [7, 11) is -19.3. The zero-order valence-electron chi connectivity index (χ0n) is 42.5. The van der Waals surface area contributed by atoms with E-state index in [2.05, 4.69) is 61.2 Å². The smallest absolute Gasteiger partial charge is 0.339 e. The quantitative estimate of drug-likeness (QED) is 0.0248. The van der Waals surface area contributed by atoms with Crippen LogP contribution in [0.4, 0.5) is 51.4 Å². The Hall–Kier alpha value is -10.2. The molecule has 84 heavy (non-hydrogen) atoms. The number of benzene rings is 7. The van der Waals surface area contributed by atoms with Crippen molar-refractivity contribution < 1.29 is 81.5 Å². The molecular formula is C50H38N12O18S4. The number of para-hydroxylation sites is 1. The van der Waals surface area contributed by atoms with Gasteiger partial charge in [0.1, 0.15) is 27.7 Å². The van der Waals surface area contributed by atoms with Crippen molar-refractivity contribution in [1.29, 1.82) is 0 Å². The van der Waals surface area contributed by atoms with Crippen molar-refractivity contribution in [3.05, 3.63) is 160 Å². The summed E-state index contributed by atoms with van der Waals surface area (Å²) in [5, 5.41) is 52.8. The standard InChI is InChI=1S/C50H38N12O18S4/c1-24-14-36(41(80-2)23-35(24)59-61-38-21-32(82(71,72)73)15-25-16-33(83(74,75)76)22-40(64)43(25)38)60-62-45-42(84(77,78)79)18-26-17-31(81(68,69)70)20-37(44(26)46(45)65)53-50-55-48(51-27-6-4-3-5-7-27)54-49(56-50)52-28-8-10-29(11-9-28)57-58-30-12-13-39(63)34(19-30)47(66)67/h3-23,60,63-64H,1-2H3,(H,66,67)(H,68,69,70)(H,71,72,73)(H,74,75,76)(H,77,78,79)(H3,51,52,53,54,55,56)/b58-57?,61-59?,62-45+. The number of hydrogen-bond acceptors (Lipinski definition) is 23. The third-order valence-corrected chi connectivity index (χ3v) is 15.2. The second-order valence-corrected chi connectivity index (χ2v) is 23.2. The first-order valence-electron chi connectivity index (χ1n) is 23.3. The summed E-state index contributed by atoms with van der Waals surface area (Å²) in [6.07, 6.45) is 0.707. The van der Waals surface area contributed by atoms with Gasteiger partial charge >= 0.3 is 5.97 Å². The molecule has 0 amide bonds. The highest BCUT2D eigenvalue weighted by Crippen LogP contribution is 2.41. The number of methoxy groups -OCH3 is 1. The maximum atomic E-state index is 14.7. The Labute approximate surface area is 472 Å². The van der Waals surface area contributed by atoms with Crippen LogP contribution in [0.15, 0.2) is 176 Å². The van der Waals surface area contributed by atoms with Gasteiger partial charge in [-0.05, 0) is 121 Å². The summed E-state index contributed by atoms with van der Waals surface area (Å²) in [6, 6.07) is 25.5. The van der Waals surface area contributed by atoms with Crippen LogP contribution in [0, 0.1) is 6.92 Å². The second kappa shape index (κ2) is 22.6. The first kappa shape index (κ1) is 58.5. The predicted octanol–water partition coefficient (Wildman–Crippen LogP) is 7.99. The second-order valence-electron chi connectivity index (χ2n) is 17.6. The number of H-pyrrole nitrogens is 2. The van der Waals surface area contributed by atoms with Crippen molar-refractivity contribution in [3.63, 3.8) is 0 Å². The van der Waals surface area contributed by atoms with Crippen LogP contribution in [-0.4, -0.2) is 107 Å². The van der Waals surface area contributed by atoms with Crippen molar-refractivity contribution in [3.8, 4) is 17.2 Å². The van der Waals surface area contributed by atoms with E-state index in [1.54, 1.807) is 42.5 Å². The molecule has 8 aromatic rings. The lowest BCUT2D eigenvalue weighted by Crippen LogP contribution is -2.29. The number of ketones is 1. The summed E-state index contributed by atoms with van der Waals surface area (Å²) >= 11 is 0. The number of aromatic carboxylic acids is 1.